The topological polar surface area (TPSA) is 42.0 Å². The lowest BCUT2D eigenvalue weighted by Gasteiger charge is -2.31. The number of nitrogens with one attached hydrogen (secondary N) is 1. The minimum Gasteiger partial charge on any atom is -0.301 e. The van der Waals surface area contributed by atoms with E-state index in [2.05, 4.69) is 33.2 Å². The summed E-state index contributed by atoms with van der Waals surface area (Å²) >= 11 is 4.98. The van der Waals surface area contributed by atoms with E-state index < -0.39 is 0 Å². The molecule has 20 heavy (non-hydrogen) atoms. The van der Waals surface area contributed by atoms with Crippen LogP contribution in [0.4, 0.5) is 5.13 Å². The maximum atomic E-state index is 12.5. The van der Waals surface area contributed by atoms with Gasteiger partial charge >= 0.3 is 0 Å². The average Bonchev–Trinajstić information content (AvgIpc) is 2.81. The fraction of sp³-hybridized carbons (Fsp3) is 0.467. The van der Waals surface area contributed by atoms with Gasteiger partial charge in [0.05, 0.1) is 10.2 Å². The molecule has 3 rings (SSSR count). The third-order valence-electron chi connectivity index (χ3n) is 4.08. The Morgan fingerprint density at radius 3 is 2.85 bits per heavy atom. The van der Waals surface area contributed by atoms with Crippen LogP contribution in [0.5, 0.6) is 0 Å². The minimum atomic E-state index is -0.226. The van der Waals surface area contributed by atoms with Gasteiger partial charge in [0.1, 0.15) is 0 Å². The molecule has 1 fully saturated rings. The summed E-state index contributed by atoms with van der Waals surface area (Å²) in [7, 11) is 0. The molecule has 1 aromatic carbocycles. The van der Waals surface area contributed by atoms with Crippen molar-refractivity contribution >= 4 is 48.5 Å². The summed E-state index contributed by atoms with van der Waals surface area (Å²) in [4.78, 5) is 17.0. The Morgan fingerprint density at radius 2 is 2.10 bits per heavy atom. The van der Waals surface area contributed by atoms with Crippen LogP contribution in [0, 0.1) is 5.41 Å². The molecule has 1 aliphatic rings. The summed E-state index contributed by atoms with van der Waals surface area (Å²) < 4.78 is 2.12. The van der Waals surface area contributed by atoms with Gasteiger partial charge in [-0.3, -0.25) is 4.79 Å². The van der Waals surface area contributed by atoms with Gasteiger partial charge in [0.15, 0.2) is 5.13 Å². The highest BCUT2D eigenvalue weighted by atomic mass is 79.9. The Balaban J connectivity index is 1.80. The van der Waals surface area contributed by atoms with E-state index in [-0.39, 0.29) is 11.3 Å². The van der Waals surface area contributed by atoms with Crippen molar-refractivity contribution in [3.63, 3.8) is 0 Å². The van der Waals surface area contributed by atoms with E-state index in [1.54, 1.807) is 0 Å². The predicted octanol–water partition coefficient (Wildman–Crippen LogP) is 4.97. The fourth-order valence-electron chi connectivity index (χ4n) is 2.76. The van der Waals surface area contributed by atoms with E-state index in [9.17, 15) is 4.79 Å². The number of carbonyl (C=O) groups excluding carboxylic acids is 1. The van der Waals surface area contributed by atoms with E-state index in [1.807, 2.05) is 18.2 Å². The third kappa shape index (κ3) is 2.74. The lowest BCUT2D eigenvalue weighted by molar-refractivity contribution is -0.126. The highest BCUT2D eigenvalue weighted by Gasteiger charge is 2.34. The number of fused-ring (bicyclic) bond motifs is 1. The molecule has 0 saturated heterocycles. The molecular weight excluding hydrogens is 336 g/mol. The highest BCUT2D eigenvalue weighted by Crippen LogP contribution is 2.37. The molecule has 2 aromatic rings. The van der Waals surface area contributed by atoms with E-state index in [4.69, 9.17) is 0 Å². The number of rotatable bonds is 2. The first-order valence-corrected chi connectivity index (χ1v) is 8.55. The van der Waals surface area contributed by atoms with E-state index in [1.165, 1.54) is 17.8 Å². The number of thiazole rings is 1. The minimum absolute atomic E-state index is 0.121. The van der Waals surface area contributed by atoms with Crippen LogP contribution in [0.3, 0.4) is 0 Å². The molecule has 3 nitrogen and oxygen atoms in total. The number of amides is 1. The monoisotopic (exact) mass is 352 g/mol. The van der Waals surface area contributed by atoms with E-state index >= 15 is 0 Å². The van der Waals surface area contributed by atoms with Crippen molar-refractivity contribution < 1.29 is 4.79 Å². The molecule has 0 radical (unpaired) electrons. The smallest absolute Gasteiger partial charge is 0.232 e. The summed E-state index contributed by atoms with van der Waals surface area (Å²) in [5, 5.41) is 3.72. The zero-order valence-electron chi connectivity index (χ0n) is 11.4. The second-order valence-corrected chi connectivity index (χ2v) is 7.65. The zero-order chi connectivity index (χ0) is 14.2. The number of halogens is 1. The number of anilines is 1. The maximum Gasteiger partial charge on any atom is 0.232 e. The molecule has 0 unspecified atom stereocenters. The molecule has 0 spiro atoms. The first-order valence-electron chi connectivity index (χ1n) is 6.94. The van der Waals surface area contributed by atoms with Gasteiger partial charge in [0.2, 0.25) is 5.91 Å². The van der Waals surface area contributed by atoms with Crippen LogP contribution in [0.15, 0.2) is 22.7 Å². The van der Waals surface area contributed by atoms with Gasteiger partial charge in [-0.25, -0.2) is 4.98 Å². The average molecular weight is 353 g/mol. The Morgan fingerprint density at radius 1 is 1.35 bits per heavy atom. The van der Waals surface area contributed by atoms with Crippen molar-refractivity contribution in [1.29, 1.82) is 0 Å². The van der Waals surface area contributed by atoms with Crippen LogP contribution >= 0.6 is 27.3 Å². The number of benzene rings is 1. The Kier molecular flexibility index (Phi) is 3.82. The van der Waals surface area contributed by atoms with Gasteiger partial charge in [0.25, 0.3) is 0 Å². The van der Waals surface area contributed by atoms with E-state index in [0.29, 0.717) is 5.13 Å². The second kappa shape index (κ2) is 5.45. The van der Waals surface area contributed by atoms with Crippen LogP contribution in [-0.4, -0.2) is 10.9 Å². The lowest BCUT2D eigenvalue weighted by Crippen LogP contribution is -2.35. The molecule has 1 aromatic heterocycles. The molecule has 0 bridgehead atoms. The van der Waals surface area contributed by atoms with Gasteiger partial charge in [-0.2, -0.15) is 0 Å². The summed E-state index contributed by atoms with van der Waals surface area (Å²) in [5.41, 5.74) is 0.707. The molecule has 5 heteroatoms. The van der Waals surface area contributed by atoms with Crippen molar-refractivity contribution in [3.05, 3.63) is 22.7 Å². The first-order chi connectivity index (χ1) is 9.57. The molecule has 0 aliphatic heterocycles. The molecule has 1 saturated carbocycles. The number of carbonyl (C=O) groups is 1. The van der Waals surface area contributed by atoms with Crippen molar-refractivity contribution in [3.8, 4) is 0 Å². The van der Waals surface area contributed by atoms with Crippen molar-refractivity contribution in [2.24, 2.45) is 5.41 Å². The Hall–Kier alpha value is -0.940. The highest BCUT2D eigenvalue weighted by molar-refractivity contribution is 9.10. The second-order valence-electron chi connectivity index (χ2n) is 5.71. The fourth-order valence-corrected chi connectivity index (χ4v) is 4.17. The van der Waals surface area contributed by atoms with Crippen LogP contribution in [0.1, 0.15) is 39.0 Å². The predicted molar refractivity (Wildman–Crippen MR) is 87.1 cm³/mol. The molecule has 106 valence electrons. The number of nitrogens with zero attached hydrogens (tertiary/aromatic N) is 1. The maximum absolute atomic E-state index is 12.5. The Labute approximate surface area is 130 Å². The molecule has 1 heterocycles. The molecule has 1 N–H and O–H groups in total. The van der Waals surface area contributed by atoms with Crippen molar-refractivity contribution in [1.82, 2.24) is 4.98 Å². The number of aromatic nitrogens is 1. The Bertz CT molecular complexity index is 646. The van der Waals surface area contributed by atoms with Gasteiger partial charge in [0, 0.05) is 9.89 Å². The molecule has 0 atom stereocenters. The zero-order valence-corrected chi connectivity index (χ0v) is 13.8. The largest absolute Gasteiger partial charge is 0.301 e. The number of hydrogen-bond donors (Lipinski definition) is 1. The van der Waals surface area contributed by atoms with Crippen LogP contribution in [-0.2, 0) is 4.79 Å². The van der Waals surface area contributed by atoms with Gasteiger partial charge in [-0.15, -0.1) is 0 Å². The summed E-state index contributed by atoms with van der Waals surface area (Å²) in [6.45, 7) is 2.07. The quantitative estimate of drug-likeness (QED) is 0.828. The van der Waals surface area contributed by atoms with Crippen LogP contribution in [0.25, 0.3) is 10.2 Å². The third-order valence-corrected chi connectivity index (χ3v) is 5.50. The molecular formula is C15H17BrN2OS. The summed E-state index contributed by atoms with van der Waals surface area (Å²) in [5.74, 6) is 0.121. The molecule has 1 amide bonds. The van der Waals surface area contributed by atoms with E-state index in [0.717, 1.165) is 40.4 Å². The summed E-state index contributed by atoms with van der Waals surface area (Å²) in [6.07, 6.45) is 5.51. The van der Waals surface area contributed by atoms with Crippen molar-refractivity contribution in [2.75, 3.05) is 5.32 Å². The first kappa shape index (κ1) is 14.0. The number of hydrogen-bond acceptors (Lipinski definition) is 3. The van der Waals surface area contributed by atoms with Crippen LogP contribution in [0.2, 0.25) is 0 Å². The standard InChI is InChI=1S/C15H17BrN2OS/c1-15(7-3-2-4-8-15)13(19)18-14-17-11-6-5-10(16)9-12(11)20-14/h5-6,9H,2-4,7-8H2,1H3,(H,17,18,19). The van der Waals surface area contributed by atoms with Gasteiger partial charge in [-0.1, -0.05) is 53.5 Å². The van der Waals surface area contributed by atoms with Crippen molar-refractivity contribution in [2.45, 2.75) is 39.0 Å². The van der Waals surface area contributed by atoms with Gasteiger partial charge < -0.3 is 5.32 Å². The normalized spacial score (nSPS) is 18.1. The molecule has 1 aliphatic carbocycles. The lowest BCUT2D eigenvalue weighted by atomic mass is 9.75. The van der Waals surface area contributed by atoms with Crippen LogP contribution < -0.4 is 5.32 Å². The SMILES string of the molecule is CC1(C(=O)Nc2nc3ccc(Br)cc3s2)CCCCC1. The summed E-state index contributed by atoms with van der Waals surface area (Å²) in [6, 6.07) is 5.97. The van der Waals surface area contributed by atoms with Gasteiger partial charge in [-0.05, 0) is 31.0 Å².